The number of aliphatic hydroxyl groups is 1. The second-order valence-electron chi connectivity index (χ2n) is 8.73. The van der Waals surface area contributed by atoms with Crippen LogP contribution >= 0.6 is 0 Å². The smallest absolute Gasteiger partial charge is 0.251 e. The summed E-state index contributed by atoms with van der Waals surface area (Å²) >= 11 is 0. The maximum Gasteiger partial charge on any atom is 0.251 e. The van der Waals surface area contributed by atoms with Crippen LogP contribution in [0.15, 0.2) is 49.6 Å². The first kappa shape index (κ1) is 23.1. The highest BCUT2D eigenvalue weighted by atomic mass is 16.5. The largest absolute Gasteiger partial charge is 0.490 e. The maximum absolute atomic E-state index is 12.8. The summed E-state index contributed by atoms with van der Waals surface area (Å²) in [6.07, 6.45) is 7.67. The van der Waals surface area contributed by atoms with Gasteiger partial charge in [-0.2, -0.15) is 0 Å². The van der Waals surface area contributed by atoms with Crippen molar-refractivity contribution in [3.63, 3.8) is 0 Å². The van der Waals surface area contributed by atoms with Crippen LogP contribution in [0.4, 0.5) is 0 Å². The van der Waals surface area contributed by atoms with E-state index >= 15 is 0 Å². The number of nitrogens with zero attached hydrogens (tertiary/aromatic N) is 1. The molecule has 0 radical (unpaired) electrons. The fourth-order valence-corrected chi connectivity index (χ4v) is 4.04. The van der Waals surface area contributed by atoms with E-state index in [4.69, 9.17) is 4.74 Å². The molecule has 2 amide bonds. The van der Waals surface area contributed by atoms with E-state index in [2.05, 4.69) is 18.5 Å². The number of piperidine rings is 1. The minimum atomic E-state index is -1.13. The molecule has 1 saturated carbocycles. The van der Waals surface area contributed by atoms with E-state index in [0.717, 1.165) is 38.8 Å². The number of carbonyl (C=O) groups is 2. The summed E-state index contributed by atoms with van der Waals surface area (Å²) in [7, 11) is 0. The first-order chi connectivity index (χ1) is 14.9. The third-order valence-corrected chi connectivity index (χ3v) is 6.23. The van der Waals surface area contributed by atoms with E-state index in [-0.39, 0.29) is 17.9 Å². The summed E-state index contributed by atoms with van der Waals surface area (Å²) < 4.78 is 6.11. The van der Waals surface area contributed by atoms with Crippen molar-refractivity contribution in [3.05, 3.63) is 55.1 Å². The fourth-order valence-electron chi connectivity index (χ4n) is 4.04. The number of amides is 2. The summed E-state index contributed by atoms with van der Waals surface area (Å²) in [6, 6.07) is 6.61. The molecular formula is C25H34N2O4. The summed E-state index contributed by atoms with van der Waals surface area (Å²) in [6.45, 7) is 10.6. The quantitative estimate of drug-likeness (QED) is 0.562. The number of benzene rings is 1. The number of nitrogens with one attached hydrogen (secondary N) is 1. The SMILES string of the molecule is C=CCC(O)(CC=C)[C@@H](C)NC(=O)c1cccc(OC2CCN(C(=O)C3CC3)CC2)c1. The average molecular weight is 427 g/mol. The lowest BCUT2D eigenvalue weighted by Gasteiger charge is -2.33. The lowest BCUT2D eigenvalue weighted by molar-refractivity contribution is -0.134. The van der Waals surface area contributed by atoms with Gasteiger partial charge in [-0.25, -0.2) is 0 Å². The molecule has 168 valence electrons. The molecule has 6 heteroatoms. The summed E-state index contributed by atoms with van der Waals surface area (Å²) in [5.74, 6) is 0.916. The van der Waals surface area contributed by atoms with Gasteiger partial charge in [0, 0.05) is 37.4 Å². The third-order valence-electron chi connectivity index (χ3n) is 6.23. The van der Waals surface area contributed by atoms with Crippen molar-refractivity contribution in [1.82, 2.24) is 10.2 Å². The summed E-state index contributed by atoms with van der Waals surface area (Å²) in [4.78, 5) is 26.9. The van der Waals surface area contributed by atoms with E-state index in [1.165, 1.54) is 0 Å². The molecular weight excluding hydrogens is 392 g/mol. The summed E-state index contributed by atoms with van der Waals surface area (Å²) in [5, 5.41) is 13.7. The molecule has 3 rings (SSSR count). The van der Waals surface area contributed by atoms with Gasteiger partial charge in [0.1, 0.15) is 11.9 Å². The van der Waals surface area contributed by atoms with E-state index < -0.39 is 11.6 Å². The van der Waals surface area contributed by atoms with Crippen molar-refractivity contribution in [2.45, 2.75) is 63.2 Å². The Morgan fingerprint density at radius 3 is 2.45 bits per heavy atom. The molecule has 0 unspecified atom stereocenters. The minimum Gasteiger partial charge on any atom is -0.490 e. The molecule has 1 aliphatic carbocycles. The predicted octanol–water partition coefficient (Wildman–Crippen LogP) is 3.47. The molecule has 0 bridgehead atoms. The first-order valence-corrected chi connectivity index (χ1v) is 11.2. The lowest BCUT2D eigenvalue weighted by Crippen LogP contribution is -2.50. The van der Waals surface area contributed by atoms with E-state index in [1.54, 1.807) is 37.3 Å². The van der Waals surface area contributed by atoms with Gasteiger partial charge in [-0.05, 0) is 50.8 Å². The highest BCUT2D eigenvalue weighted by molar-refractivity contribution is 5.94. The Bertz CT molecular complexity index is 799. The number of hydrogen-bond donors (Lipinski definition) is 2. The standard InChI is InChI=1S/C25H34N2O4/c1-4-13-25(30,14-5-2)18(3)26-23(28)20-7-6-8-22(17-20)31-21-11-15-27(16-12-21)24(29)19-9-10-19/h4-8,17-19,21,30H,1-2,9-16H2,3H3,(H,26,28)/t18-/m1/s1. The zero-order valence-corrected chi connectivity index (χ0v) is 18.4. The Kier molecular flexibility index (Phi) is 7.55. The Morgan fingerprint density at radius 2 is 1.87 bits per heavy atom. The Balaban J connectivity index is 1.55. The number of ether oxygens (including phenoxy) is 1. The van der Waals surface area contributed by atoms with Gasteiger partial charge in [0.25, 0.3) is 5.91 Å². The maximum atomic E-state index is 12.8. The monoisotopic (exact) mass is 426 g/mol. The fraction of sp³-hybridized carbons (Fsp3) is 0.520. The third kappa shape index (κ3) is 5.97. The topological polar surface area (TPSA) is 78.9 Å². The molecule has 0 spiro atoms. The van der Waals surface area contributed by atoms with Crippen LogP contribution in [0, 0.1) is 5.92 Å². The van der Waals surface area contributed by atoms with Gasteiger partial charge >= 0.3 is 0 Å². The zero-order valence-electron chi connectivity index (χ0n) is 18.4. The van der Waals surface area contributed by atoms with Crippen LogP contribution in [0.25, 0.3) is 0 Å². The molecule has 1 saturated heterocycles. The number of rotatable bonds is 10. The highest BCUT2D eigenvalue weighted by Gasteiger charge is 2.35. The van der Waals surface area contributed by atoms with Crippen molar-refractivity contribution >= 4 is 11.8 Å². The molecule has 31 heavy (non-hydrogen) atoms. The first-order valence-electron chi connectivity index (χ1n) is 11.2. The van der Waals surface area contributed by atoms with Crippen LogP contribution in [-0.2, 0) is 4.79 Å². The highest BCUT2D eigenvalue weighted by Crippen LogP contribution is 2.32. The van der Waals surface area contributed by atoms with Crippen LogP contribution < -0.4 is 10.1 Å². The second-order valence-corrected chi connectivity index (χ2v) is 8.73. The lowest BCUT2D eigenvalue weighted by atomic mass is 9.88. The summed E-state index contributed by atoms with van der Waals surface area (Å²) in [5.41, 5.74) is -0.649. The van der Waals surface area contributed by atoms with E-state index in [1.807, 2.05) is 11.0 Å². The van der Waals surface area contributed by atoms with Crippen molar-refractivity contribution in [2.75, 3.05) is 13.1 Å². The Morgan fingerprint density at radius 1 is 1.23 bits per heavy atom. The van der Waals surface area contributed by atoms with E-state index in [9.17, 15) is 14.7 Å². The Labute approximate surface area is 185 Å². The Hall–Kier alpha value is -2.60. The predicted molar refractivity (Wildman–Crippen MR) is 121 cm³/mol. The molecule has 2 fully saturated rings. The number of hydrogen-bond acceptors (Lipinski definition) is 4. The van der Waals surface area contributed by atoms with Crippen LogP contribution in [0.5, 0.6) is 5.75 Å². The van der Waals surface area contributed by atoms with Crippen molar-refractivity contribution in [2.24, 2.45) is 5.92 Å². The van der Waals surface area contributed by atoms with E-state index in [0.29, 0.717) is 30.1 Å². The van der Waals surface area contributed by atoms with Crippen molar-refractivity contribution < 1.29 is 19.4 Å². The van der Waals surface area contributed by atoms with Gasteiger partial charge in [-0.15, -0.1) is 13.2 Å². The molecule has 1 aromatic rings. The van der Waals surface area contributed by atoms with Crippen LogP contribution in [0.1, 0.15) is 55.8 Å². The molecule has 1 atom stereocenters. The van der Waals surface area contributed by atoms with Gasteiger partial charge in [0.2, 0.25) is 5.91 Å². The van der Waals surface area contributed by atoms with Gasteiger partial charge in [0.15, 0.2) is 0 Å². The van der Waals surface area contributed by atoms with Gasteiger partial charge in [0.05, 0.1) is 11.6 Å². The molecule has 6 nitrogen and oxygen atoms in total. The molecule has 2 aliphatic rings. The number of carbonyl (C=O) groups excluding carboxylic acids is 2. The molecule has 0 aromatic heterocycles. The average Bonchev–Trinajstić information content (AvgIpc) is 3.60. The van der Waals surface area contributed by atoms with Crippen LogP contribution in [-0.4, -0.2) is 52.7 Å². The number of likely N-dealkylation sites (tertiary alicyclic amines) is 1. The van der Waals surface area contributed by atoms with Gasteiger partial charge in [-0.1, -0.05) is 18.2 Å². The molecule has 1 aliphatic heterocycles. The molecule has 2 N–H and O–H groups in total. The van der Waals surface area contributed by atoms with Crippen LogP contribution in [0.3, 0.4) is 0 Å². The molecule has 1 heterocycles. The second kappa shape index (κ2) is 10.1. The minimum absolute atomic E-state index is 0.0331. The van der Waals surface area contributed by atoms with Crippen molar-refractivity contribution in [1.29, 1.82) is 0 Å². The normalized spacial score (nSPS) is 18.2. The van der Waals surface area contributed by atoms with Crippen LogP contribution in [0.2, 0.25) is 0 Å². The van der Waals surface area contributed by atoms with Gasteiger partial charge < -0.3 is 20.1 Å². The molecule has 1 aromatic carbocycles. The van der Waals surface area contributed by atoms with Crippen molar-refractivity contribution in [3.8, 4) is 5.75 Å². The van der Waals surface area contributed by atoms with Gasteiger partial charge in [-0.3, -0.25) is 9.59 Å². The zero-order chi connectivity index (χ0) is 22.4.